The van der Waals surface area contributed by atoms with E-state index < -0.39 is 11.9 Å². The van der Waals surface area contributed by atoms with E-state index in [-0.39, 0.29) is 18.3 Å². The van der Waals surface area contributed by atoms with Crippen LogP contribution < -0.4 is 16.8 Å². The zero-order chi connectivity index (χ0) is 17.8. The van der Waals surface area contributed by atoms with E-state index in [4.69, 9.17) is 11.5 Å². The molecule has 6 nitrogen and oxygen atoms in total. The van der Waals surface area contributed by atoms with Crippen LogP contribution in [0.5, 0.6) is 0 Å². The van der Waals surface area contributed by atoms with Gasteiger partial charge in [0.1, 0.15) is 5.82 Å². The molecule has 130 valence electrons. The summed E-state index contributed by atoms with van der Waals surface area (Å²) in [6.45, 7) is 2.69. The lowest BCUT2D eigenvalue weighted by atomic mass is 10.0. The first-order valence-corrected chi connectivity index (χ1v) is 7.48. The van der Waals surface area contributed by atoms with Crippen LogP contribution in [0.3, 0.4) is 0 Å². The van der Waals surface area contributed by atoms with E-state index in [9.17, 15) is 14.0 Å². The average molecular weight is 326 g/mol. The molecule has 0 aromatic heterocycles. The van der Waals surface area contributed by atoms with Crippen molar-refractivity contribution >= 4 is 11.8 Å². The fraction of sp³-hybridized carbons (Fsp3) is 0.500. The van der Waals surface area contributed by atoms with Crippen LogP contribution in [-0.2, 0) is 16.0 Å². The summed E-state index contributed by atoms with van der Waals surface area (Å²) in [5.41, 5.74) is 10.8. The number of nitrogens with zero attached hydrogens (tertiary/aromatic N) is 1. The molecule has 1 atom stereocenters. The summed E-state index contributed by atoms with van der Waals surface area (Å²) in [5.74, 6) is -1.19. The molecule has 0 bridgehead atoms. The van der Waals surface area contributed by atoms with Crippen molar-refractivity contribution in [3.8, 4) is 0 Å². The van der Waals surface area contributed by atoms with Gasteiger partial charge < -0.3 is 16.8 Å². The molecular formula is C16H27FN4O2. The van der Waals surface area contributed by atoms with Crippen LogP contribution in [0.2, 0.25) is 0 Å². The minimum Gasteiger partial charge on any atom is -0.368 e. The second-order valence-corrected chi connectivity index (χ2v) is 5.28. The first-order chi connectivity index (χ1) is 10.8. The van der Waals surface area contributed by atoms with Crippen molar-refractivity contribution in [1.29, 1.82) is 0 Å². The number of primary amides is 1. The third kappa shape index (κ3) is 9.59. The van der Waals surface area contributed by atoms with E-state index in [2.05, 4.69) is 12.2 Å². The van der Waals surface area contributed by atoms with E-state index in [0.29, 0.717) is 6.42 Å². The van der Waals surface area contributed by atoms with Crippen molar-refractivity contribution in [2.75, 3.05) is 27.2 Å². The van der Waals surface area contributed by atoms with E-state index in [0.717, 1.165) is 18.5 Å². The monoisotopic (exact) mass is 326 g/mol. The van der Waals surface area contributed by atoms with Gasteiger partial charge in [-0.3, -0.25) is 14.5 Å². The van der Waals surface area contributed by atoms with Gasteiger partial charge in [-0.25, -0.2) is 4.39 Å². The van der Waals surface area contributed by atoms with Crippen molar-refractivity contribution in [3.63, 3.8) is 0 Å². The van der Waals surface area contributed by atoms with E-state index >= 15 is 0 Å². The van der Waals surface area contributed by atoms with Crippen molar-refractivity contribution in [2.45, 2.75) is 25.8 Å². The minimum atomic E-state index is -0.590. The number of rotatable bonds is 7. The summed E-state index contributed by atoms with van der Waals surface area (Å²) in [7, 11) is 3.52. The lowest BCUT2D eigenvalue weighted by molar-refractivity contribution is -0.128. The molecule has 0 spiro atoms. The highest BCUT2D eigenvalue weighted by atomic mass is 19.1. The van der Waals surface area contributed by atoms with Crippen LogP contribution in [0.1, 0.15) is 18.9 Å². The molecular weight excluding hydrogens is 299 g/mol. The van der Waals surface area contributed by atoms with E-state index in [1.165, 1.54) is 12.1 Å². The molecule has 1 aromatic carbocycles. The third-order valence-corrected chi connectivity index (χ3v) is 2.99. The number of hydrogen-bond donors (Lipinski definition) is 3. The average Bonchev–Trinajstić information content (AvgIpc) is 2.51. The Morgan fingerprint density at radius 3 is 2.17 bits per heavy atom. The maximum atomic E-state index is 12.8. The second-order valence-electron chi connectivity index (χ2n) is 5.28. The van der Waals surface area contributed by atoms with Gasteiger partial charge in [0.15, 0.2) is 0 Å². The van der Waals surface area contributed by atoms with Gasteiger partial charge in [0, 0.05) is 0 Å². The number of likely N-dealkylation sites (N-methyl/N-ethyl adjacent to an activating group) is 1. The molecule has 0 aliphatic carbocycles. The first-order valence-electron chi connectivity index (χ1n) is 7.48. The lowest BCUT2D eigenvalue weighted by Gasteiger charge is -2.23. The number of carbonyl (C=O) groups excluding carboxylic acids is 2. The van der Waals surface area contributed by atoms with Gasteiger partial charge >= 0.3 is 0 Å². The third-order valence-electron chi connectivity index (χ3n) is 2.99. The smallest absolute Gasteiger partial charge is 0.238 e. The molecule has 23 heavy (non-hydrogen) atoms. The Labute approximate surface area is 137 Å². The maximum Gasteiger partial charge on any atom is 0.238 e. The topological polar surface area (TPSA) is 101 Å². The molecule has 1 unspecified atom stereocenters. The quantitative estimate of drug-likeness (QED) is 0.669. The molecule has 5 N–H and O–H groups in total. The van der Waals surface area contributed by atoms with Crippen molar-refractivity contribution in [3.05, 3.63) is 35.6 Å². The molecule has 1 aromatic rings. The Morgan fingerprint density at radius 2 is 1.78 bits per heavy atom. The second kappa shape index (κ2) is 11.6. The fourth-order valence-corrected chi connectivity index (χ4v) is 1.65. The zero-order valence-electron chi connectivity index (χ0n) is 14.0. The summed E-state index contributed by atoms with van der Waals surface area (Å²) >= 11 is 0. The number of carbonyl (C=O) groups is 2. The Morgan fingerprint density at radius 1 is 1.26 bits per heavy atom. The highest BCUT2D eigenvalue weighted by molar-refractivity contribution is 5.86. The molecule has 7 heteroatoms. The number of halogens is 1. The Hall–Kier alpha value is -1.99. The predicted octanol–water partition coefficient (Wildman–Crippen LogP) is 0.255. The summed E-state index contributed by atoms with van der Waals surface area (Å²) in [5, 5.41) is 2.47. The summed E-state index contributed by atoms with van der Waals surface area (Å²) in [6.07, 6.45) is 1.53. The standard InChI is InChI=1S/C13H18FN3O2.C3H9N/c1-17(2)11(13(19)16-8-12(15)18)7-9-3-5-10(14)6-4-9;1-2-3-4/h3-6,11H,7-8H2,1-2H3,(H2,15,18)(H,16,19);2-4H2,1H3. The largest absolute Gasteiger partial charge is 0.368 e. The maximum absolute atomic E-state index is 12.8. The summed E-state index contributed by atoms with van der Waals surface area (Å²) in [4.78, 5) is 24.3. The molecule has 0 heterocycles. The van der Waals surface area contributed by atoms with Crippen LogP contribution in [0.15, 0.2) is 24.3 Å². The number of benzene rings is 1. The highest BCUT2D eigenvalue weighted by Crippen LogP contribution is 2.08. The molecule has 0 saturated carbocycles. The van der Waals surface area contributed by atoms with E-state index in [1.807, 2.05) is 0 Å². The Kier molecular flexibility index (Phi) is 10.6. The highest BCUT2D eigenvalue weighted by Gasteiger charge is 2.21. The van der Waals surface area contributed by atoms with Gasteiger partial charge in [0.2, 0.25) is 11.8 Å². The van der Waals surface area contributed by atoms with Gasteiger partial charge in [-0.15, -0.1) is 0 Å². The summed E-state index contributed by atoms with van der Waals surface area (Å²) in [6, 6.07) is 5.53. The molecule has 1 rings (SSSR count). The SMILES string of the molecule is CCCN.CN(C)C(Cc1ccc(F)cc1)C(=O)NCC(N)=O. The predicted molar refractivity (Wildman–Crippen MR) is 89.1 cm³/mol. The fourth-order valence-electron chi connectivity index (χ4n) is 1.65. The van der Waals surface area contributed by atoms with Gasteiger partial charge in [-0.05, 0) is 51.2 Å². The minimum absolute atomic E-state index is 0.188. The van der Waals surface area contributed by atoms with Crippen LogP contribution in [0, 0.1) is 5.82 Å². The van der Waals surface area contributed by atoms with Crippen LogP contribution in [-0.4, -0.2) is 49.9 Å². The lowest BCUT2D eigenvalue weighted by Crippen LogP contribution is -2.47. The van der Waals surface area contributed by atoms with Gasteiger partial charge in [-0.1, -0.05) is 19.1 Å². The first kappa shape index (κ1) is 21.0. The Bertz CT molecular complexity index is 475. The molecule has 0 aliphatic heterocycles. The van der Waals surface area contributed by atoms with Gasteiger partial charge in [0.25, 0.3) is 0 Å². The van der Waals surface area contributed by atoms with Crippen LogP contribution in [0.4, 0.5) is 4.39 Å². The molecule has 0 fully saturated rings. The number of nitrogens with two attached hydrogens (primary N) is 2. The van der Waals surface area contributed by atoms with Crippen molar-refractivity contribution in [2.24, 2.45) is 11.5 Å². The van der Waals surface area contributed by atoms with Crippen LogP contribution in [0.25, 0.3) is 0 Å². The number of hydrogen-bond acceptors (Lipinski definition) is 4. The number of nitrogens with one attached hydrogen (secondary N) is 1. The molecule has 0 aliphatic rings. The molecule has 2 amide bonds. The summed E-state index contributed by atoms with van der Waals surface area (Å²) < 4.78 is 12.8. The van der Waals surface area contributed by atoms with Crippen molar-refractivity contribution < 1.29 is 14.0 Å². The zero-order valence-corrected chi connectivity index (χ0v) is 14.0. The van der Waals surface area contributed by atoms with Gasteiger partial charge in [-0.2, -0.15) is 0 Å². The van der Waals surface area contributed by atoms with Crippen molar-refractivity contribution in [1.82, 2.24) is 10.2 Å². The molecule has 0 radical (unpaired) electrons. The van der Waals surface area contributed by atoms with E-state index in [1.54, 1.807) is 31.1 Å². The van der Waals surface area contributed by atoms with Gasteiger partial charge in [0.05, 0.1) is 12.6 Å². The Balaban J connectivity index is 0.00000108. The normalized spacial score (nSPS) is 11.4. The number of amides is 2. The molecule has 0 saturated heterocycles. The van der Waals surface area contributed by atoms with Crippen LogP contribution >= 0.6 is 0 Å².